The number of para-hydroxylation sites is 1. The molecule has 0 saturated heterocycles. The second-order valence-electron chi connectivity index (χ2n) is 6.57. The van der Waals surface area contributed by atoms with Gasteiger partial charge < -0.3 is 10.2 Å². The number of amides is 2. The zero-order valence-electron chi connectivity index (χ0n) is 16.0. The number of halogens is 1. The van der Waals surface area contributed by atoms with Crippen LogP contribution in [0.15, 0.2) is 84.9 Å². The molecule has 0 fully saturated rings. The molecule has 3 aromatic carbocycles. The van der Waals surface area contributed by atoms with E-state index in [1.54, 1.807) is 54.4 Å². The van der Waals surface area contributed by atoms with Crippen LogP contribution >= 0.6 is 0 Å². The molecule has 0 spiro atoms. The molecule has 2 amide bonds. The number of carbonyl (C=O) groups is 2. The van der Waals surface area contributed by atoms with Crippen molar-refractivity contribution in [2.45, 2.75) is 6.54 Å². The van der Waals surface area contributed by atoms with E-state index >= 15 is 0 Å². The van der Waals surface area contributed by atoms with Crippen LogP contribution in [0.5, 0.6) is 0 Å². The highest BCUT2D eigenvalue weighted by Crippen LogP contribution is 2.18. The average Bonchev–Trinajstić information content (AvgIpc) is 2.74. The summed E-state index contributed by atoms with van der Waals surface area (Å²) in [6.07, 6.45) is 2.93. The maximum atomic E-state index is 13.0. The van der Waals surface area contributed by atoms with Gasteiger partial charge in [0.25, 0.3) is 5.91 Å². The Morgan fingerprint density at radius 2 is 1.59 bits per heavy atom. The molecule has 0 radical (unpaired) electrons. The number of hydrogen-bond donors (Lipinski definition) is 1. The normalized spacial score (nSPS) is 10.7. The molecule has 146 valence electrons. The number of rotatable bonds is 6. The van der Waals surface area contributed by atoms with Crippen LogP contribution in [0, 0.1) is 5.82 Å². The molecule has 0 aliphatic carbocycles. The number of anilines is 1. The maximum absolute atomic E-state index is 13.0. The third-order valence-electron chi connectivity index (χ3n) is 4.32. The standard InChI is InChI=1S/C24H21FN2O2/c1-27(17-19-7-3-2-4-8-19)24(29)21-9-5-6-10-22(21)26-23(28)16-13-18-11-14-20(25)15-12-18/h2-16H,17H2,1H3,(H,26,28). The van der Waals surface area contributed by atoms with Gasteiger partial charge in [-0.15, -0.1) is 0 Å². The maximum Gasteiger partial charge on any atom is 0.256 e. The van der Waals surface area contributed by atoms with Gasteiger partial charge in [-0.05, 0) is 41.5 Å². The summed E-state index contributed by atoms with van der Waals surface area (Å²) in [5, 5.41) is 2.74. The van der Waals surface area contributed by atoms with Crippen molar-refractivity contribution in [1.82, 2.24) is 4.90 Å². The van der Waals surface area contributed by atoms with E-state index in [1.807, 2.05) is 30.3 Å². The van der Waals surface area contributed by atoms with Crippen molar-refractivity contribution in [3.63, 3.8) is 0 Å². The number of benzene rings is 3. The fraction of sp³-hybridized carbons (Fsp3) is 0.0833. The molecule has 0 heterocycles. The Balaban J connectivity index is 1.70. The van der Waals surface area contributed by atoms with Crippen LogP contribution < -0.4 is 5.32 Å². The van der Waals surface area contributed by atoms with Crippen LogP contribution in [0.25, 0.3) is 6.08 Å². The first-order chi connectivity index (χ1) is 14.0. The predicted octanol–water partition coefficient (Wildman–Crippen LogP) is 4.75. The Morgan fingerprint density at radius 1 is 0.931 bits per heavy atom. The lowest BCUT2D eigenvalue weighted by molar-refractivity contribution is -0.111. The summed E-state index contributed by atoms with van der Waals surface area (Å²) < 4.78 is 13.0. The van der Waals surface area contributed by atoms with E-state index in [9.17, 15) is 14.0 Å². The zero-order chi connectivity index (χ0) is 20.6. The van der Waals surface area contributed by atoms with Gasteiger partial charge in [-0.2, -0.15) is 0 Å². The molecular weight excluding hydrogens is 367 g/mol. The van der Waals surface area contributed by atoms with Crippen molar-refractivity contribution in [2.75, 3.05) is 12.4 Å². The molecule has 29 heavy (non-hydrogen) atoms. The van der Waals surface area contributed by atoms with E-state index in [1.165, 1.54) is 18.2 Å². The fourth-order valence-corrected chi connectivity index (χ4v) is 2.83. The molecule has 0 saturated carbocycles. The van der Waals surface area contributed by atoms with Crippen molar-refractivity contribution >= 4 is 23.6 Å². The van der Waals surface area contributed by atoms with Crippen molar-refractivity contribution in [2.24, 2.45) is 0 Å². The van der Waals surface area contributed by atoms with Crippen LogP contribution in [-0.2, 0) is 11.3 Å². The number of carbonyl (C=O) groups excluding carboxylic acids is 2. The minimum atomic E-state index is -0.375. The zero-order valence-corrected chi connectivity index (χ0v) is 16.0. The van der Waals surface area contributed by atoms with Gasteiger partial charge in [0.05, 0.1) is 11.3 Å². The molecule has 0 unspecified atom stereocenters. The Morgan fingerprint density at radius 3 is 2.31 bits per heavy atom. The highest BCUT2D eigenvalue weighted by Gasteiger charge is 2.16. The highest BCUT2D eigenvalue weighted by molar-refractivity contribution is 6.07. The summed E-state index contributed by atoms with van der Waals surface area (Å²) in [6.45, 7) is 0.465. The summed E-state index contributed by atoms with van der Waals surface area (Å²) in [5.74, 6) is -0.897. The lowest BCUT2D eigenvalue weighted by Crippen LogP contribution is -2.27. The minimum absolute atomic E-state index is 0.188. The molecule has 0 aliphatic rings. The third kappa shape index (κ3) is 5.62. The number of nitrogens with one attached hydrogen (secondary N) is 1. The summed E-state index contributed by atoms with van der Waals surface area (Å²) in [7, 11) is 1.72. The quantitative estimate of drug-likeness (QED) is 0.620. The van der Waals surface area contributed by atoms with Crippen molar-refractivity contribution in [1.29, 1.82) is 0 Å². The Hall–Kier alpha value is -3.73. The summed E-state index contributed by atoms with van der Waals surface area (Å²) in [6, 6.07) is 22.4. The van der Waals surface area contributed by atoms with E-state index < -0.39 is 0 Å². The second kappa shape index (κ2) is 9.46. The van der Waals surface area contributed by atoms with Gasteiger partial charge in [0.15, 0.2) is 0 Å². The Bertz CT molecular complexity index is 1010. The van der Waals surface area contributed by atoms with E-state index in [0.717, 1.165) is 5.56 Å². The molecule has 0 atom stereocenters. The van der Waals surface area contributed by atoms with Crippen LogP contribution in [0.1, 0.15) is 21.5 Å². The SMILES string of the molecule is CN(Cc1ccccc1)C(=O)c1ccccc1NC(=O)C=Cc1ccc(F)cc1. The van der Waals surface area contributed by atoms with Crippen LogP contribution in [-0.4, -0.2) is 23.8 Å². The summed E-state index contributed by atoms with van der Waals surface area (Å²) in [5.41, 5.74) is 2.57. The van der Waals surface area contributed by atoms with Gasteiger partial charge in [0.2, 0.25) is 5.91 Å². The smallest absolute Gasteiger partial charge is 0.256 e. The lowest BCUT2D eigenvalue weighted by Gasteiger charge is -2.19. The van der Waals surface area contributed by atoms with Gasteiger partial charge in [-0.25, -0.2) is 4.39 Å². The molecule has 3 rings (SSSR count). The Labute approximate surface area is 169 Å². The predicted molar refractivity (Wildman–Crippen MR) is 113 cm³/mol. The average molecular weight is 388 g/mol. The van der Waals surface area contributed by atoms with Gasteiger partial charge in [0.1, 0.15) is 5.82 Å². The van der Waals surface area contributed by atoms with Crippen LogP contribution in [0.2, 0.25) is 0 Å². The first kappa shape index (κ1) is 20.0. The topological polar surface area (TPSA) is 49.4 Å². The summed E-state index contributed by atoms with van der Waals surface area (Å²) in [4.78, 5) is 26.8. The van der Waals surface area contributed by atoms with E-state index in [-0.39, 0.29) is 17.6 Å². The van der Waals surface area contributed by atoms with Crippen LogP contribution in [0.3, 0.4) is 0 Å². The molecule has 5 heteroatoms. The minimum Gasteiger partial charge on any atom is -0.337 e. The molecule has 0 aromatic heterocycles. The number of hydrogen-bond acceptors (Lipinski definition) is 2. The van der Waals surface area contributed by atoms with Gasteiger partial charge in [-0.3, -0.25) is 9.59 Å². The fourth-order valence-electron chi connectivity index (χ4n) is 2.83. The van der Waals surface area contributed by atoms with Gasteiger partial charge in [0, 0.05) is 19.7 Å². The first-order valence-corrected chi connectivity index (χ1v) is 9.16. The molecule has 4 nitrogen and oxygen atoms in total. The monoisotopic (exact) mass is 388 g/mol. The molecule has 3 aromatic rings. The van der Waals surface area contributed by atoms with Crippen molar-refractivity contribution < 1.29 is 14.0 Å². The van der Waals surface area contributed by atoms with Crippen molar-refractivity contribution in [3.8, 4) is 0 Å². The van der Waals surface area contributed by atoms with E-state index in [0.29, 0.717) is 23.4 Å². The second-order valence-corrected chi connectivity index (χ2v) is 6.57. The molecule has 0 bridgehead atoms. The van der Waals surface area contributed by atoms with E-state index in [2.05, 4.69) is 5.32 Å². The largest absolute Gasteiger partial charge is 0.337 e. The first-order valence-electron chi connectivity index (χ1n) is 9.16. The number of nitrogens with zero attached hydrogens (tertiary/aromatic N) is 1. The molecule has 1 N–H and O–H groups in total. The molecular formula is C24H21FN2O2. The van der Waals surface area contributed by atoms with Gasteiger partial charge in [-0.1, -0.05) is 54.6 Å². The van der Waals surface area contributed by atoms with E-state index in [4.69, 9.17) is 0 Å². The third-order valence-corrected chi connectivity index (χ3v) is 4.32. The molecule has 0 aliphatic heterocycles. The van der Waals surface area contributed by atoms with Crippen LogP contribution in [0.4, 0.5) is 10.1 Å². The lowest BCUT2D eigenvalue weighted by atomic mass is 10.1. The highest BCUT2D eigenvalue weighted by atomic mass is 19.1. The summed E-state index contributed by atoms with van der Waals surface area (Å²) >= 11 is 0. The van der Waals surface area contributed by atoms with Crippen molar-refractivity contribution in [3.05, 3.63) is 107 Å². The van der Waals surface area contributed by atoms with Gasteiger partial charge >= 0.3 is 0 Å². The Kier molecular flexibility index (Phi) is 6.53.